The van der Waals surface area contributed by atoms with Gasteiger partial charge in [0.2, 0.25) is 0 Å². The number of aryl methyl sites for hydroxylation is 1. The van der Waals surface area contributed by atoms with Crippen LogP contribution in [0.4, 0.5) is 8.78 Å². The van der Waals surface area contributed by atoms with E-state index >= 15 is 0 Å². The highest BCUT2D eigenvalue weighted by Gasteiger charge is 2.20. The highest BCUT2D eigenvalue weighted by molar-refractivity contribution is 5.78. The van der Waals surface area contributed by atoms with E-state index in [1.54, 1.807) is 19.1 Å². The summed E-state index contributed by atoms with van der Waals surface area (Å²) in [5, 5.41) is 10.8. The Hall–Kier alpha value is -2.20. The first kappa shape index (κ1) is 12.8. The van der Waals surface area contributed by atoms with Gasteiger partial charge in [0, 0.05) is 10.9 Å². The van der Waals surface area contributed by atoms with E-state index < -0.39 is 11.9 Å². The van der Waals surface area contributed by atoms with Crippen molar-refractivity contribution in [2.75, 3.05) is 0 Å². The molecular weight excluding hydrogens is 262 g/mol. The number of fused-ring (bicyclic) bond motifs is 1. The molecule has 0 radical (unpaired) electrons. The summed E-state index contributed by atoms with van der Waals surface area (Å²) in [7, 11) is 0. The van der Waals surface area contributed by atoms with Gasteiger partial charge in [0.1, 0.15) is 29.1 Å². The maximum Gasteiger partial charge on any atom is 0.139 e. The zero-order valence-electron chi connectivity index (χ0n) is 10.7. The van der Waals surface area contributed by atoms with Crippen molar-refractivity contribution in [3.05, 3.63) is 71.0 Å². The molecule has 1 aromatic heterocycles. The standard InChI is InChI=1S/C16H12F2O2/c1-9-3-2-4-12(15(9)18)16(19)14-8-10-7-11(17)5-6-13(10)20-14/h2-8,16,19H,1H3. The fraction of sp³-hybridized carbons (Fsp3) is 0.125. The van der Waals surface area contributed by atoms with E-state index in [0.29, 0.717) is 16.5 Å². The number of aliphatic hydroxyl groups is 1. The van der Waals surface area contributed by atoms with Crippen molar-refractivity contribution in [1.29, 1.82) is 0 Å². The number of benzene rings is 2. The van der Waals surface area contributed by atoms with E-state index in [9.17, 15) is 13.9 Å². The summed E-state index contributed by atoms with van der Waals surface area (Å²) < 4.78 is 32.6. The van der Waals surface area contributed by atoms with Gasteiger partial charge in [-0.25, -0.2) is 8.78 Å². The Morgan fingerprint density at radius 3 is 2.70 bits per heavy atom. The molecule has 2 aromatic carbocycles. The molecule has 1 heterocycles. The van der Waals surface area contributed by atoms with Crippen LogP contribution in [0.2, 0.25) is 0 Å². The molecule has 0 saturated heterocycles. The Bertz CT molecular complexity index is 777. The molecule has 0 bridgehead atoms. The van der Waals surface area contributed by atoms with Crippen LogP contribution < -0.4 is 0 Å². The number of halogens is 2. The SMILES string of the molecule is Cc1cccc(C(O)c2cc3cc(F)ccc3o2)c1F. The summed E-state index contributed by atoms with van der Waals surface area (Å²) in [5.41, 5.74) is 1.04. The minimum Gasteiger partial charge on any atom is -0.458 e. The molecule has 4 heteroatoms. The average molecular weight is 274 g/mol. The molecule has 1 unspecified atom stereocenters. The molecule has 1 N–H and O–H groups in total. The molecule has 20 heavy (non-hydrogen) atoms. The topological polar surface area (TPSA) is 33.4 Å². The zero-order chi connectivity index (χ0) is 14.3. The van der Waals surface area contributed by atoms with Crippen LogP contribution in [0.3, 0.4) is 0 Å². The van der Waals surface area contributed by atoms with Crippen molar-refractivity contribution < 1.29 is 18.3 Å². The van der Waals surface area contributed by atoms with Crippen LogP contribution >= 0.6 is 0 Å². The van der Waals surface area contributed by atoms with Gasteiger partial charge in [0.25, 0.3) is 0 Å². The second kappa shape index (κ2) is 4.72. The van der Waals surface area contributed by atoms with Gasteiger partial charge in [-0.3, -0.25) is 0 Å². The Morgan fingerprint density at radius 1 is 1.10 bits per heavy atom. The summed E-state index contributed by atoms with van der Waals surface area (Å²) in [6.45, 7) is 1.62. The molecule has 0 spiro atoms. The van der Waals surface area contributed by atoms with E-state index in [1.807, 2.05) is 0 Å². The molecule has 0 aliphatic rings. The molecular formula is C16H12F2O2. The normalized spacial score (nSPS) is 12.8. The third-order valence-corrected chi connectivity index (χ3v) is 3.28. The Labute approximate surface area is 114 Å². The van der Waals surface area contributed by atoms with Crippen LogP contribution in [0.25, 0.3) is 11.0 Å². The molecule has 0 saturated carbocycles. The summed E-state index contributed by atoms with van der Waals surface area (Å²) >= 11 is 0. The van der Waals surface area contributed by atoms with Gasteiger partial charge in [-0.2, -0.15) is 0 Å². The first-order chi connectivity index (χ1) is 9.56. The van der Waals surface area contributed by atoms with Crippen LogP contribution in [0.1, 0.15) is 23.0 Å². The van der Waals surface area contributed by atoms with Gasteiger partial charge in [-0.15, -0.1) is 0 Å². The smallest absolute Gasteiger partial charge is 0.139 e. The molecule has 0 aliphatic carbocycles. The predicted octanol–water partition coefficient (Wildman–Crippen LogP) is 4.10. The van der Waals surface area contributed by atoms with Gasteiger partial charge in [0.05, 0.1) is 0 Å². The first-order valence-electron chi connectivity index (χ1n) is 6.18. The van der Waals surface area contributed by atoms with Gasteiger partial charge >= 0.3 is 0 Å². The Kier molecular flexibility index (Phi) is 3.03. The van der Waals surface area contributed by atoms with E-state index in [1.165, 1.54) is 30.3 Å². The number of hydrogen-bond acceptors (Lipinski definition) is 2. The van der Waals surface area contributed by atoms with Crippen LogP contribution in [0.15, 0.2) is 46.9 Å². The number of furan rings is 1. The number of rotatable bonds is 2. The first-order valence-corrected chi connectivity index (χ1v) is 6.18. The lowest BCUT2D eigenvalue weighted by Crippen LogP contribution is -2.02. The fourth-order valence-electron chi connectivity index (χ4n) is 2.20. The van der Waals surface area contributed by atoms with Gasteiger partial charge < -0.3 is 9.52 Å². The van der Waals surface area contributed by atoms with Gasteiger partial charge in [-0.05, 0) is 36.8 Å². The van der Waals surface area contributed by atoms with Crippen LogP contribution in [0, 0.1) is 18.6 Å². The summed E-state index contributed by atoms with van der Waals surface area (Å²) in [6, 6.07) is 10.4. The lowest BCUT2D eigenvalue weighted by Gasteiger charge is -2.10. The van der Waals surface area contributed by atoms with Crippen molar-refractivity contribution in [3.8, 4) is 0 Å². The van der Waals surface area contributed by atoms with E-state index in [4.69, 9.17) is 4.42 Å². The quantitative estimate of drug-likeness (QED) is 0.763. The minimum atomic E-state index is -1.22. The predicted molar refractivity (Wildman–Crippen MR) is 71.4 cm³/mol. The van der Waals surface area contributed by atoms with Gasteiger partial charge in [-0.1, -0.05) is 18.2 Å². The highest BCUT2D eigenvalue weighted by atomic mass is 19.1. The highest BCUT2D eigenvalue weighted by Crippen LogP contribution is 2.30. The molecule has 3 aromatic rings. The summed E-state index contributed by atoms with van der Waals surface area (Å²) in [5.74, 6) is -0.664. The van der Waals surface area contributed by atoms with Crippen molar-refractivity contribution in [2.24, 2.45) is 0 Å². The Balaban J connectivity index is 2.08. The number of hydrogen-bond donors (Lipinski definition) is 1. The fourth-order valence-corrected chi connectivity index (χ4v) is 2.20. The van der Waals surface area contributed by atoms with E-state index in [2.05, 4.69) is 0 Å². The lowest BCUT2D eigenvalue weighted by atomic mass is 10.0. The summed E-state index contributed by atoms with van der Waals surface area (Å²) in [6.07, 6.45) is -1.22. The zero-order valence-corrected chi connectivity index (χ0v) is 10.7. The maximum atomic E-state index is 14.0. The minimum absolute atomic E-state index is 0.143. The second-order valence-corrected chi connectivity index (χ2v) is 4.71. The molecule has 2 nitrogen and oxygen atoms in total. The summed E-state index contributed by atoms with van der Waals surface area (Å²) in [4.78, 5) is 0. The third-order valence-electron chi connectivity index (χ3n) is 3.28. The molecule has 0 fully saturated rings. The molecule has 0 amide bonds. The van der Waals surface area contributed by atoms with Gasteiger partial charge in [0.15, 0.2) is 0 Å². The second-order valence-electron chi connectivity index (χ2n) is 4.71. The van der Waals surface area contributed by atoms with Crippen molar-refractivity contribution >= 4 is 11.0 Å². The monoisotopic (exact) mass is 274 g/mol. The average Bonchev–Trinajstić information content (AvgIpc) is 2.84. The van der Waals surface area contributed by atoms with Crippen LogP contribution in [0.5, 0.6) is 0 Å². The number of aliphatic hydroxyl groups excluding tert-OH is 1. The largest absolute Gasteiger partial charge is 0.458 e. The van der Waals surface area contributed by atoms with E-state index in [-0.39, 0.29) is 17.1 Å². The molecule has 3 rings (SSSR count). The van der Waals surface area contributed by atoms with Crippen molar-refractivity contribution in [3.63, 3.8) is 0 Å². The molecule has 0 aliphatic heterocycles. The van der Waals surface area contributed by atoms with Crippen molar-refractivity contribution in [1.82, 2.24) is 0 Å². The maximum absolute atomic E-state index is 14.0. The van der Waals surface area contributed by atoms with Crippen molar-refractivity contribution in [2.45, 2.75) is 13.0 Å². The third kappa shape index (κ3) is 2.08. The Morgan fingerprint density at radius 2 is 1.90 bits per heavy atom. The van der Waals surface area contributed by atoms with E-state index in [0.717, 1.165) is 0 Å². The molecule has 1 atom stereocenters. The van der Waals surface area contributed by atoms with Crippen LogP contribution in [-0.4, -0.2) is 5.11 Å². The lowest BCUT2D eigenvalue weighted by molar-refractivity contribution is 0.187. The molecule has 102 valence electrons. The van der Waals surface area contributed by atoms with Crippen LogP contribution in [-0.2, 0) is 0 Å².